The number of fused-ring (bicyclic) bond motifs is 1. The highest BCUT2D eigenvalue weighted by Gasteiger charge is 2.42. The second-order valence-corrected chi connectivity index (χ2v) is 29.1. The van der Waals surface area contributed by atoms with Gasteiger partial charge in [-0.05, 0) is 55.0 Å². The first-order valence-electron chi connectivity index (χ1n) is 33.2. The Labute approximate surface area is 611 Å². The fourth-order valence-electron chi connectivity index (χ4n) is 10.4. The van der Waals surface area contributed by atoms with Gasteiger partial charge in [0, 0.05) is 71.8 Å². The molecule has 3 heterocycles. The molecule has 39 nitrogen and oxygen atoms in total. The Morgan fingerprint density at radius 2 is 1.44 bits per heavy atom. The molecular formula is C63H93N17O22S3. The van der Waals surface area contributed by atoms with Crippen LogP contribution in [0.1, 0.15) is 84.8 Å². The monoisotopic (exact) mass is 1540 g/mol. The molecule has 4 rings (SSSR count). The molecule has 2 aromatic rings. The van der Waals surface area contributed by atoms with Crippen molar-refractivity contribution in [2.75, 3.05) is 68.7 Å². The van der Waals surface area contributed by atoms with Gasteiger partial charge in [0.1, 0.15) is 60.4 Å². The number of carboxylic acid groups (broad SMARTS) is 2. The van der Waals surface area contributed by atoms with Gasteiger partial charge in [-0.2, -0.15) is 23.5 Å². The summed E-state index contributed by atoms with van der Waals surface area (Å²) in [6, 6.07) is -7.34. The van der Waals surface area contributed by atoms with E-state index in [-0.39, 0.29) is 79.8 Å². The molecule has 0 bridgehead atoms. The summed E-state index contributed by atoms with van der Waals surface area (Å²) in [5, 5.41) is 61.2. The molecular weight excluding hydrogens is 1440 g/mol. The normalized spacial score (nSPS) is 20.2. The average molecular weight is 1540 g/mol. The smallest absolute Gasteiger partial charge is 0.305 e. The predicted octanol–water partition coefficient (Wildman–Crippen LogP) is -6.55. The van der Waals surface area contributed by atoms with Crippen molar-refractivity contribution in [3.05, 3.63) is 47.5 Å². The molecule has 11 atom stereocenters. The van der Waals surface area contributed by atoms with Gasteiger partial charge in [-0.3, -0.25) is 76.7 Å². The molecule has 0 spiro atoms. The van der Waals surface area contributed by atoms with Crippen LogP contribution in [0.4, 0.5) is 0 Å². The van der Waals surface area contributed by atoms with E-state index >= 15 is 4.79 Å². The number of likely N-dealkylation sites (tertiary alicyclic amines) is 1. The average Bonchev–Trinajstić information content (AvgIpc) is 1.78. The Hall–Kier alpha value is -9.94. The van der Waals surface area contributed by atoms with Crippen molar-refractivity contribution in [1.82, 2.24) is 68.4 Å². The number of hydrogen-bond donors (Lipinski definition) is 18. The van der Waals surface area contributed by atoms with Crippen LogP contribution in [-0.2, 0) is 97.8 Å². The molecule has 2 aliphatic heterocycles. The summed E-state index contributed by atoms with van der Waals surface area (Å²) in [7, 11) is -3.52. The number of nitrogens with one attached hydrogen (secondary N) is 12. The zero-order valence-corrected chi connectivity index (χ0v) is 60.8. The highest BCUT2D eigenvalue weighted by Crippen LogP contribution is 2.23. The second kappa shape index (κ2) is 43.4. The summed E-state index contributed by atoms with van der Waals surface area (Å²) >= 11 is 1.95. The summed E-state index contributed by atoms with van der Waals surface area (Å²) in [5.74, 6) is -19.2. The first-order valence-corrected chi connectivity index (χ1v) is 37.4. The highest BCUT2D eigenvalue weighted by atomic mass is 32.2. The number of aliphatic hydroxyl groups is 1. The van der Waals surface area contributed by atoms with Gasteiger partial charge in [-0.25, -0.2) is 8.42 Å². The lowest BCUT2D eigenvalue weighted by Crippen LogP contribution is -2.61. The largest absolute Gasteiger partial charge is 0.481 e. The SMILES string of the molecule is CCC(C)C1NC(=O)C(NC(=O)[C@H](CC(C)C)NC(=O)[C@@H]2CCCN2C(=O)[C@H](CCC(=O)O)NC(=O)[C@H](CC(N)=O)NC(=O)[C@H](CC(=O)O)NC(=O)[C@@H](N)CO)CSC/C(=N\OCC(=O)NC/C=C/S(C)(=O)=O)CSC[C@@H](C(=O)NCC(N)=O)NC(=O)CNC(=O)[C@H](Cc2cc3ccccc3[nH]2)NC1=O. The van der Waals surface area contributed by atoms with Crippen molar-refractivity contribution >= 4 is 145 Å². The molecule has 2 aliphatic rings. The van der Waals surface area contributed by atoms with Crippen LogP contribution in [0, 0.1) is 11.8 Å². The fourth-order valence-corrected chi connectivity index (χ4v) is 12.9. The number of aromatic nitrogens is 1. The lowest BCUT2D eigenvalue weighted by molar-refractivity contribution is -0.144. The lowest BCUT2D eigenvalue weighted by atomic mass is 9.97. The van der Waals surface area contributed by atoms with E-state index in [1.807, 2.05) is 5.32 Å². The van der Waals surface area contributed by atoms with Crippen LogP contribution in [0.2, 0.25) is 0 Å². The molecule has 21 N–H and O–H groups in total. The van der Waals surface area contributed by atoms with Crippen molar-refractivity contribution in [2.45, 2.75) is 146 Å². The Morgan fingerprint density at radius 1 is 0.781 bits per heavy atom. The van der Waals surface area contributed by atoms with E-state index < -0.39 is 223 Å². The van der Waals surface area contributed by atoms with Gasteiger partial charge < -0.3 is 106 Å². The van der Waals surface area contributed by atoms with E-state index in [0.717, 1.165) is 45.5 Å². The number of para-hydroxylation sites is 1. The molecule has 1 aromatic carbocycles. The van der Waals surface area contributed by atoms with Crippen LogP contribution in [0.3, 0.4) is 0 Å². The van der Waals surface area contributed by atoms with Crippen LogP contribution in [-0.4, -0.2) is 263 Å². The first-order chi connectivity index (χ1) is 49.5. The second-order valence-electron chi connectivity index (χ2n) is 25.1. The van der Waals surface area contributed by atoms with Crippen LogP contribution >= 0.6 is 23.5 Å². The van der Waals surface area contributed by atoms with Crippen LogP contribution < -0.4 is 75.7 Å². The number of H-pyrrole nitrogens is 1. The summed E-state index contributed by atoms with van der Waals surface area (Å²) < 4.78 is 23.1. The molecule has 3 unspecified atom stereocenters. The number of primary amides is 2. The Balaban J connectivity index is 1.75. The number of aliphatic carboxylic acids is 2. The number of thioether (sulfide) groups is 2. The van der Waals surface area contributed by atoms with Crippen LogP contribution in [0.25, 0.3) is 10.9 Å². The third-order valence-electron chi connectivity index (χ3n) is 15.9. The van der Waals surface area contributed by atoms with E-state index in [4.69, 9.17) is 22.0 Å². The summed E-state index contributed by atoms with van der Waals surface area (Å²) in [4.78, 5) is 225. The number of nitrogens with two attached hydrogens (primary N) is 3. The maximum absolute atomic E-state index is 15.0. The molecule has 42 heteroatoms. The fraction of sp³-hybridized carbons (Fsp3) is 0.571. The molecule has 580 valence electrons. The maximum atomic E-state index is 15.0. The van der Waals surface area contributed by atoms with Gasteiger partial charge >= 0.3 is 11.9 Å². The number of carbonyl (C=O) groups excluding carboxylic acids is 14. The molecule has 1 aromatic heterocycles. The van der Waals surface area contributed by atoms with Gasteiger partial charge in [-0.15, -0.1) is 0 Å². The number of aliphatic hydroxyl groups excluding tert-OH is 1. The van der Waals surface area contributed by atoms with E-state index in [1.54, 1.807) is 58.0 Å². The zero-order chi connectivity index (χ0) is 78.3. The molecule has 105 heavy (non-hydrogen) atoms. The van der Waals surface area contributed by atoms with E-state index in [0.29, 0.717) is 11.2 Å². The minimum absolute atomic E-state index is 0.0632. The Morgan fingerprint density at radius 3 is 2.06 bits per heavy atom. The van der Waals surface area contributed by atoms with Gasteiger partial charge in [0.2, 0.25) is 76.8 Å². The number of nitrogens with zero attached hydrogens (tertiary/aromatic N) is 2. The number of rotatable bonds is 34. The zero-order valence-electron chi connectivity index (χ0n) is 58.4. The predicted molar refractivity (Wildman–Crippen MR) is 379 cm³/mol. The van der Waals surface area contributed by atoms with Crippen LogP contribution in [0.5, 0.6) is 0 Å². The van der Waals surface area contributed by atoms with Gasteiger partial charge in [0.05, 0.1) is 38.2 Å². The molecule has 2 fully saturated rings. The van der Waals surface area contributed by atoms with Crippen LogP contribution in [0.15, 0.2) is 47.0 Å². The number of aromatic amines is 1. The van der Waals surface area contributed by atoms with Crippen molar-refractivity contribution in [3.63, 3.8) is 0 Å². The third-order valence-corrected chi connectivity index (χ3v) is 18.8. The highest BCUT2D eigenvalue weighted by molar-refractivity contribution is 8.01. The number of sulfone groups is 1. The van der Waals surface area contributed by atoms with Crippen molar-refractivity contribution in [1.29, 1.82) is 0 Å². The van der Waals surface area contributed by atoms with Gasteiger partial charge in [0.25, 0.3) is 5.91 Å². The van der Waals surface area contributed by atoms with Crippen molar-refractivity contribution in [2.24, 2.45) is 34.2 Å². The Kier molecular flexibility index (Phi) is 36.1. The minimum atomic E-state index is -3.52. The standard InChI is InChI=1S/C63H93N17O22S3/c1-6-33(4)53-62(98)76-41(21-35-20-34-11-7-8-12-38(34)70-35)55(91)69-25-49(84)71-44(56(92)68-24-48(66)83)30-103-28-36(79-102-27-50(85)67-16-10-18-105(5,100)101)29-104-31-45(60(96)78-53)77-57(93)40(19-32(2)3)75-61(97)46-13-9-17-80(46)63(99)39(14-15-51(86)87)72-58(94)42(22-47(65)82)74-59(95)43(23-52(88)89)73-54(90)37(64)26-81/h7-8,10-12,18,20,32-33,37,39-46,53,70,81H,6,9,13-17,19,21-31,64H2,1-5H3,(H2,65,82)(H2,66,83)(H,67,85)(H,68,92)(H,69,91)(H,71,84)(H,72,94)(H,73,90)(H,74,95)(H,75,97)(H,76,98)(H,77,93)(H,78,96)(H,86,87)(H,88,89)/b18-10+,79-36-/t33?,37-,39-,40-,41-,42-,43-,44-,45?,46-,53?/m0/s1. The number of hydrogen-bond acceptors (Lipinski definition) is 24. The quantitative estimate of drug-likeness (QED) is 0.0290. The minimum Gasteiger partial charge on any atom is -0.481 e. The summed E-state index contributed by atoms with van der Waals surface area (Å²) in [6.45, 7) is 3.35. The van der Waals surface area contributed by atoms with Crippen molar-refractivity contribution in [3.8, 4) is 0 Å². The molecule has 0 saturated carbocycles. The molecule has 2 saturated heterocycles. The number of benzene rings is 1. The van der Waals surface area contributed by atoms with E-state index in [1.165, 1.54) is 6.08 Å². The van der Waals surface area contributed by atoms with Gasteiger partial charge in [-0.1, -0.05) is 63.5 Å². The van der Waals surface area contributed by atoms with Gasteiger partial charge in [0.15, 0.2) is 16.4 Å². The van der Waals surface area contributed by atoms with Crippen molar-refractivity contribution < 1.29 is 105 Å². The number of oxime groups is 1. The topological polar surface area (TPSA) is 619 Å². The number of carbonyl (C=O) groups is 16. The third kappa shape index (κ3) is 31.1. The summed E-state index contributed by atoms with van der Waals surface area (Å²) in [5.41, 5.74) is 17.5. The van der Waals surface area contributed by atoms with E-state index in [2.05, 4.69) is 63.3 Å². The van der Waals surface area contributed by atoms with E-state index in [9.17, 15) is 95.7 Å². The summed E-state index contributed by atoms with van der Waals surface area (Å²) in [6.07, 6.45) is -1.38. The maximum Gasteiger partial charge on any atom is 0.305 e. The Bertz CT molecular complexity index is 3640. The number of carboxylic acids is 2. The molecule has 0 radical (unpaired) electrons. The molecule has 14 amide bonds. The lowest BCUT2D eigenvalue weighted by Gasteiger charge is -2.31. The first kappa shape index (κ1) is 87.5. The number of amides is 14. The molecule has 0 aliphatic carbocycles.